The van der Waals surface area contributed by atoms with Gasteiger partial charge < -0.3 is 0 Å². The molecule has 0 aromatic heterocycles. The average molecular weight is 353 g/mol. The Morgan fingerprint density at radius 1 is 1.12 bits per heavy atom. The standard InChI is InChI=1S/C14H12INS/c1-2-10-6-5-9-13-14(10)16-11-7-3-4-8-12(11)17(13)15/h3-9H,2H2,1H3. The minimum atomic E-state index is 0.124. The zero-order chi connectivity index (χ0) is 11.8. The van der Waals surface area contributed by atoms with Gasteiger partial charge in [-0.3, -0.25) is 0 Å². The second kappa shape index (κ2) is 4.53. The molecule has 0 aliphatic carbocycles. The third-order valence-corrected chi connectivity index (χ3v) is 7.24. The van der Waals surface area contributed by atoms with E-state index in [0.29, 0.717) is 0 Å². The predicted molar refractivity (Wildman–Crippen MR) is 81.8 cm³/mol. The molecule has 0 bridgehead atoms. The summed E-state index contributed by atoms with van der Waals surface area (Å²) in [4.78, 5) is 6.19. The van der Waals surface area contributed by atoms with Crippen LogP contribution in [-0.2, 0) is 6.42 Å². The van der Waals surface area contributed by atoms with Gasteiger partial charge in [-0.2, -0.15) is 0 Å². The molecule has 3 rings (SSSR count). The van der Waals surface area contributed by atoms with Gasteiger partial charge in [0.25, 0.3) is 0 Å². The van der Waals surface area contributed by atoms with Crippen molar-refractivity contribution in [3.05, 3.63) is 57.9 Å². The fourth-order valence-corrected chi connectivity index (χ4v) is 5.52. The predicted octanol–water partition coefficient (Wildman–Crippen LogP) is 4.44. The molecule has 1 aliphatic heterocycles. The summed E-state index contributed by atoms with van der Waals surface area (Å²) < 4.78 is 1.38. The second-order valence-corrected chi connectivity index (χ2v) is 7.99. The summed E-state index contributed by atoms with van der Waals surface area (Å²) in [6.45, 7) is 2.19. The summed E-state index contributed by atoms with van der Waals surface area (Å²) in [7, 11) is 0.124. The van der Waals surface area contributed by atoms with Crippen LogP contribution in [0.5, 0.6) is 0 Å². The van der Waals surface area contributed by atoms with Crippen LogP contribution in [0.4, 0.5) is 5.69 Å². The third-order valence-electron chi connectivity index (χ3n) is 2.95. The van der Waals surface area contributed by atoms with E-state index in [2.05, 4.69) is 70.6 Å². The molecule has 0 radical (unpaired) electrons. The molecule has 3 heteroatoms. The zero-order valence-corrected chi connectivity index (χ0v) is 12.5. The lowest BCUT2D eigenvalue weighted by Gasteiger charge is -2.12. The van der Waals surface area contributed by atoms with Crippen molar-refractivity contribution in [1.82, 2.24) is 0 Å². The lowest BCUT2D eigenvalue weighted by molar-refractivity contribution is 1.08. The third kappa shape index (κ3) is 1.85. The first kappa shape index (κ1) is 11.4. The maximum atomic E-state index is 4.83. The van der Waals surface area contributed by atoms with Crippen LogP contribution in [-0.4, -0.2) is 0 Å². The van der Waals surface area contributed by atoms with Crippen molar-refractivity contribution >= 4 is 34.5 Å². The van der Waals surface area contributed by atoms with Crippen molar-refractivity contribution in [2.75, 3.05) is 0 Å². The lowest BCUT2D eigenvalue weighted by Crippen LogP contribution is -2.12. The van der Waals surface area contributed by atoms with Crippen molar-refractivity contribution in [2.45, 2.75) is 18.2 Å². The van der Waals surface area contributed by atoms with Gasteiger partial charge in [0.1, 0.15) is 0 Å². The fourth-order valence-electron chi connectivity index (χ4n) is 2.06. The molecule has 0 saturated heterocycles. The first-order valence-electron chi connectivity index (χ1n) is 5.64. The largest absolute Gasteiger partial charge is 0.246 e. The smallest absolute Gasteiger partial charge is 0.0808 e. The molecule has 1 aliphatic rings. The van der Waals surface area contributed by atoms with Crippen LogP contribution in [0.1, 0.15) is 12.5 Å². The van der Waals surface area contributed by atoms with Crippen LogP contribution in [0.3, 0.4) is 0 Å². The molecule has 1 nitrogen and oxygen atoms in total. The van der Waals surface area contributed by atoms with Crippen LogP contribution in [0.25, 0.3) is 0 Å². The number of rotatable bonds is 1. The minimum absolute atomic E-state index is 0.124. The van der Waals surface area contributed by atoms with Crippen molar-refractivity contribution in [1.29, 1.82) is 0 Å². The van der Waals surface area contributed by atoms with Crippen LogP contribution in [0.2, 0.25) is 0 Å². The van der Waals surface area contributed by atoms with Crippen LogP contribution in [0.15, 0.2) is 52.4 Å². The molecule has 0 spiro atoms. The van der Waals surface area contributed by atoms with E-state index in [1.807, 2.05) is 0 Å². The van der Waals surface area contributed by atoms with Crippen molar-refractivity contribution in [2.24, 2.45) is 4.99 Å². The number of hydrogen-bond donors (Lipinski definition) is 0. The summed E-state index contributed by atoms with van der Waals surface area (Å²) in [5.74, 6) is 0. The summed E-state index contributed by atoms with van der Waals surface area (Å²) in [5, 5.41) is 1.20. The number of para-hydroxylation sites is 2. The molecule has 0 N–H and O–H groups in total. The molecule has 2 aromatic carbocycles. The number of aryl methyl sites for hydroxylation is 1. The molecular formula is C14H12INS. The van der Waals surface area contributed by atoms with Gasteiger partial charge in [0.2, 0.25) is 0 Å². The fraction of sp³-hybridized carbons (Fsp3) is 0.143. The van der Waals surface area contributed by atoms with Gasteiger partial charge in [-0.1, -0.05) is 38.8 Å². The van der Waals surface area contributed by atoms with E-state index in [4.69, 9.17) is 4.99 Å². The second-order valence-electron chi connectivity index (χ2n) is 3.95. The summed E-state index contributed by atoms with van der Waals surface area (Å²) in [6.07, 6.45) is 1.04. The molecule has 1 heterocycles. The highest BCUT2D eigenvalue weighted by Crippen LogP contribution is 2.43. The number of fused-ring (bicyclic) bond motifs is 2. The normalized spacial score (nSPS) is 16.9. The first-order chi connectivity index (χ1) is 8.31. The Bertz CT molecular complexity index is 706. The zero-order valence-electron chi connectivity index (χ0n) is 9.48. The maximum absolute atomic E-state index is 4.83. The Morgan fingerprint density at radius 2 is 1.94 bits per heavy atom. The molecular weight excluding hydrogens is 341 g/mol. The first-order valence-corrected chi connectivity index (χ1v) is 9.41. The monoisotopic (exact) mass is 353 g/mol. The number of nitrogens with zero attached hydrogens (tertiary/aromatic N) is 1. The highest BCUT2D eigenvalue weighted by molar-refractivity contribution is 14.2. The topological polar surface area (TPSA) is 12.4 Å². The summed E-state index contributed by atoms with van der Waals surface area (Å²) in [5.41, 5.74) is 2.49. The molecule has 0 saturated carbocycles. The highest BCUT2D eigenvalue weighted by Gasteiger charge is 2.10. The van der Waals surface area contributed by atoms with E-state index >= 15 is 0 Å². The molecule has 1 unspecified atom stereocenters. The van der Waals surface area contributed by atoms with Gasteiger partial charge in [-0.15, -0.1) is 0 Å². The average Bonchev–Trinajstić information content (AvgIpc) is 2.38. The molecule has 0 fully saturated rings. The molecule has 2 aromatic rings. The van der Waals surface area contributed by atoms with Gasteiger partial charge in [0.15, 0.2) is 0 Å². The van der Waals surface area contributed by atoms with Gasteiger partial charge in [-0.05, 0) is 51.4 Å². The van der Waals surface area contributed by atoms with E-state index in [0.717, 1.165) is 12.1 Å². The summed E-state index contributed by atoms with van der Waals surface area (Å²) in [6, 6.07) is 15.0. The Balaban J connectivity index is 2.47. The minimum Gasteiger partial charge on any atom is -0.246 e. The number of benzene rings is 2. The quantitative estimate of drug-likeness (QED) is 0.531. The Labute approximate surface area is 115 Å². The molecule has 17 heavy (non-hydrogen) atoms. The van der Waals surface area contributed by atoms with Crippen molar-refractivity contribution in [3.63, 3.8) is 0 Å². The molecule has 0 amide bonds. The van der Waals surface area contributed by atoms with E-state index < -0.39 is 0 Å². The van der Waals surface area contributed by atoms with Gasteiger partial charge in [0, 0.05) is 9.41 Å². The lowest BCUT2D eigenvalue weighted by atomic mass is 10.1. The number of halogens is 1. The van der Waals surface area contributed by atoms with Gasteiger partial charge >= 0.3 is 0 Å². The van der Waals surface area contributed by atoms with Crippen LogP contribution < -0.4 is 5.36 Å². The Hall–Kier alpha value is -0.680. The van der Waals surface area contributed by atoms with Gasteiger partial charge in [-0.25, -0.2) is 4.99 Å². The molecule has 1 atom stereocenters. The van der Waals surface area contributed by atoms with Gasteiger partial charge in [0.05, 0.1) is 11.0 Å². The Kier molecular flexibility index (Phi) is 3.04. The Morgan fingerprint density at radius 3 is 2.76 bits per heavy atom. The number of hydrogen-bond acceptors (Lipinski definition) is 1. The SMILES string of the molecule is CCc1cccc2c1=Nc1ccccc1S=2I. The summed E-state index contributed by atoms with van der Waals surface area (Å²) >= 11 is 2.54. The van der Waals surface area contributed by atoms with Crippen molar-refractivity contribution in [3.8, 4) is 0 Å². The van der Waals surface area contributed by atoms with E-state index in [-0.39, 0.29) is 7.66 Å². The van der Waals surface area contributed by atoms with E-state index in [1.165, 1.54) is 20.3 Å². The van der Waals surface area contributed by atoms with E-state index in [9.17, 15) is 0 Å². The molecule has 86 valence electrons. The highest BCUT2D eigenvalue weighted by atomic mass is 127. The van der Waals surface area contributed by atoms with Crippen molar-refractivity contribution < 1.29 is 0 Å². The van der Waals surface area contributed by atoms with Crippen LogP contribution >= 0.6 is 28.9 Å². The van der Waals surface area contributed by atoms with E-state index in [1.54, 1.807) is 0 Å². The van der Waals surface area contributed by atoms with Crippen LogP contribution in [0, 0.1) is 4.51 Å². The maximum Gasteiger partial charge on any atom is 0.0808 e.